The van der Waals surface area contributed by atoms with E-state index in [2.05, 4.69) is 17.6 Å². The van der Waals surface area contributed by atoms with E-state index in [-0.39, 0.29) is 11.8 Å². The fraction of sp³-hybridized carbons (Fsp3) is 0.875. The maximum atomic E-state index is 12.1. The van der Waals surface area contributed by atoms with Gasteiger partial charge >= 0.3 is 6.09 Å². The van der Waals surface area contributed by atoms with Gasteiger partial charge in [0.25, 0.3) is 0 Å². The lowest BCUT2D eigenvalue weighted by Crippen LogP contribution is -2.51. The molecule has 0 aromatic rings. The predicted molar refractivity (Wildman–Crippen MR) is 85.1 cm³/mol. The van der Waals surface area contributed by atoms with Gasteiger partial charge in [-0.25, -0.2) is 4.79 Å². The molecule has 0 spiro atoms. The molecule has 5 heteroatoms. The minimum Gasteiger partial charge on any atom is -0.444 e. The molecule has 0 aliphatic heterocycles. The Morgan fingerprint density at radius 3 is 2.19 bits per heavy atom. The molecule has 0 unspecified atom stereocenters. The molecule has 124 valence electrons. The number of alkyl carbamates (subject to hydrolysis) is 1. The van der Waals surface area contributed by atoms with Gasteiger partial charge in [0, 0.05) is 6.54 Å². The third-order valence-electron chi connectivity index (χ3n) is 2.95. The maximum Gasteiger partial charge on any atom is 0.408 e. The predicted octanol–water partition coefficient (Wildman–Crippen LogP) is 3.23. The van der Waals surface area contributed by atoms with Gasteiger partial charge in [-0.1, -0.05) is 40.0 Å². The summed E-state index contributed by atoms with van der Waals surface area (Å²) in [5, 5.41) is 5.53. The summed E-state index contributed by atoms with van der Waals surface area (Å²) < 4.78 is 5.20. The molecule has 0 fully saturated rings. The fourth-order valence-electron chi connectivity index (χ4n) is 1.84. The third kappa shape index (κ3) is 10.2. The van der Waals surface area contributed by atoms with Gasteiger partial charge in [-0.15, -0.1) is 0 Å². The number of ether oxygens (including phenoxy) is 1. The van der Waals surface area contributed by atoms with E-state index in [0.29, 0.717) is 6.54 Å². The van der Waals surface area contributed by atoms with E-state index in [0.717, 1.165) is 12.8 Å². The lowest BCUT2D eigenvalue weighted by molar-refractivity contribution is -0.124. The highest BCUT2D eigenvalue weighted by molar-refractivity contribution is 5.85. The monoisotopic (exact) mass is 300 g/mol. The first-order valence-corrected chi connectivity index (χ1v) is 7.94. The smallest absolute Gasteiger partial charge is 0.408 e. The van der Waals surface area contributed by atoms with Crippen LogP contribution in [0.25, 0.3) is 0 Å². The van der Waals surface area contributed by atoms with Gasteiger partial charge in [0.1, 0.15) is 11.6 Å². The zero-order valence-electron chi connectivity index (χ0n) is 14.4. The number of hydrogen-bond donors (Lipinski definition) is 2. The van der Waals surface area contributed by atoms with Crippen molar-refractivity contribution in [2.75, 3.05) is 6.54 Å². The Morgan fingerprint density at radius 2 is 1.71 bits per heavy atom. The summed E-state index contributed by atoms with van der Waals surface area (Å²) in [5.74, 6) is -0.138. The number of amides is 2. The van der Waals surface area contributed by atoms with Gasteiger partial charge in [0.15, 0.2) is 0 Å². The summed E-state index contributed by atoms with van der Waals surface area (Å²) >= 11 is 0. The van der Waals surface area contributed by atoms with Crippen LogP contribution in [0.15, 0.2) is 0 Å². The van der Waals surface area contributed by atoms with Crippen LogP contribution < -0.4 is 10.6 Å². The SMILES string of the molecule is CCCCCCNC(=O)[C@@H](NC(=O)OC(C)(C)C)C(C)C. The number of hydrogen-bond acceptors (Lipinski definition) is 3. The standard InChI is InChI=1S/C16H32N2O3/c1-7-8-9-10-11-17-14(19)13(12(2)3)18-15(20)21-16(4,5)6/h12-13H,7-11H2,1-6H3,(H,17,19)(H,18,20)/t13-/m0/s1. The van der Waals surface area contributed by atoms with E-state index >= 15 is 0 Å². The first-order chi connectivity index (χ1) is 9.67. The highest BCUT2D eigenvalue weighted by atomic mass is 16.6. The van der Waals surface area contributed by atoms with E-state index in [1.807, 2.05) is 13.8 Å². The fourth-order valence-corrected chi connectivity index (χ4v) is 1.84. The largest absolute Gasteiger partial charge is 0.444 e. The van der Waals surface area contributed by atoms with Crippen LogP contribution in [-0.2, 0) is 9.53 Å². The quantitative estimate of drug-likeness (QED) is 0.676. The normalized spacial score (nSPS) is 12.9. The summed E-state index contributed by atoms with van der Waals surface area (Å²) in [6.45, 7) is 12.0. The zero-order chi connectivity index (χ0) is 16.5. The third-order valence-corrected chi connectivity index (χ3v) is 2.95. The van der Waals surface area contributed by atoms with Crippen molar-refractivity contribution in [3.8, 4) is 0 Å². The molecule has 0 rings (SSSR count). The van der Waals surface area contributed by atoms with Gasteiger partial charge in [-0.2, -0.15) is 0 Å². The molecule has 0 heterocycles. The molecule has 0 saturated heterocycles. The molecule has 0 saturated carbocycles. The molecule has 0 aliphatic rings. The Hall–Kier alpha value is -1.26. The summed E-state index contributed by atoms with van der Waals surface area (Å²) in [5.41, 5.74) is -0.567. The van der Waals surface area contributed by atoms with Crippen LogP contribution in [0, 0.1) is 5.92 Å². The average molecular weight is 300 g/mol. The molecule has 1 atom stereocenters. The zero-order valence-corrected chi connectivity index (χ0v) is 14.4. The Kier molecular flexibility index (Phi) is 9.06. The van der Waals surface area contributed by atoms with E-state index in [1.54, 1.807) is 20.8 Å². The Morgan fingerprint density at radius 1 is 1.10 bits per heavy atom. The molecular formula is C16H32N2O3. The van der Waals surface area contributed by atoms with Gasteiger partial charge in [0.2, 0.25) is 5.91 Å². The van der Waals surface area contributed by atoms with Crippen molar-refractivity contribution in [2.24, 2.45) is 5.92 Å². The number of unbranched alkanes of at least 4 members (excludes halogenated alkanes) is 3. The average Bonchev–Trinajstić information content (AvgIpc) is 2.33. The second-order valence-electron chi connectivity index (χ2n) is 6.72. The van der Waals surface area contributed by atoms with Gasteiger partial charge in [-0.3, -0.25) is 4.79 Å². The van der Waals surface area contributed by atoms with Gasteiger partial charge < -0.3 is 15.4 Å². The van der Waals surface area contributed by atoms with Crippen molar-refractivity contribution in [2.45, 2.75) is 78.9 Å². The summed E-state index contributed by atoms with van der Waals surface area (Å²) in [6.07, 6.45) is 3.88. The minimum absolute atomic E-state index is 0.00756. The van der Waals surface area contributed by atoms with Crippen molar-refractivity contribution in [1.29, 1.82) is 0 Å². The van der Waals surface area contributed by atoms with E-state index < -0.39 is 17.7 Å². The summed E-state index contributed by atoms with van der Waals surface area (Å²) in [4.78, 5) is 23.9. The van der Waals surface area contributed by atoms with Crippen LogP contribution in [0.2, 0.25) is 0 Å². The minimum atomic E-state index is -0.567. The van der Waals surface area contributed by atoms with Gasteiger partial charge in [-0.05, 0) is 33.1 Å². The van der Waals surface area contributed by atoms with Crippen LogP contribution in [0.1, 0.15) is 67.2 Å². The number of carbonyl (C=O) groups excluding carboxylic acids is 2. The lowest BCUT2D eigenvalue weighted by atomic mass is 10.0. The highest BCUT2D eigenvalue weighted by Crippen LogP contribution is 2.09. The Bertz CT molecular complexity index is 322. The van der Waals surface area contributed by atoms with Crippen LogP contribution in [0.4, 0.5) is 4.79 Å². The first kappa shape index (κ1) is 19.7. The first-order valence-electron chi connectivity index (χ1n) is 7.94. The molecule has 0 aromatic carbocycles. The number of nitrogens with one attached hydrogen (secondary N) is 2. The number of rotatable bonds is 8. The topological polar surface area (TPSA) is 67.4 Å². The van der Waals surface area contributed by atoms with E-state index in [4.69, 9.17) is 4.74 Å². The Labute approximate surface area is 129 Å². The van der Waals surface area contributed by atoms with Crippen LogP contribution in [0.3, 0.4) is 0 Å². The molecule has 5 nitrogen and oxygen atoms in total. The highest BCUT2D eigenvalue weighted by Gasteiger charge is 2.26. The lowest BCUT2D eigenvalue weighted by Gasteiger charge is -2.25. The molecule has 0 bridgehead atoms. The van der Waals surface area contributed by atoms with Crippen LogP contribution in [-0.4, -0.2) is 30.2 Å². The van der Waals surface area contributed by atoms with Crippen LogP contribution >= 0.6 is 0 Å². The van der Waals surface area contributed by atoms with E-state index in [9.17, 15) is 9.59 Å². The second kappa shape index (κ2) is 9.64. The van der Waals surface area contributed by atoms with Crippen molar-refractivity contribution in [3.05, 3.63) is 0 Å². The summed E-state index contributed by atoms with van der Waals surface area (Å²) in [7, 11) is 0. The molecule has 2 amide bonds. The maximum absolute atomic E-state index is 12.1. The van der Waals surface area contributed by atoms with Gasteiger partial charge in [0.05, 0.1) is 0 Å². The molecule has 21 heavy (non-hydrogen) atoms. The van der Waals surface area contributed by atoms with E-state index in [1.165, 1.54) is 12.8 Å². The molecule has 2 N–H and O–H groups in total. The molecule has 0 aliphatic carbocycles. The Balaban J connectivity index is 4.28. The molecule has 0 radical (unpaired) electrons. The number of carbonyl (C=O) groups is 2. The van der Waals surface area contributed by atoms with Crippen molar-refractivity contribution >= 4 is 12.0 Å². The molecular weight excluding hydrogens is 268 g/mol. The second-order valence-corrected chi connectivity index (χ2v) is 6.72. The van der Waals surface area contributed by atoms with Crippen LogP contribution in [0.5, 0.6) is 0 Å². The van der Waals surface area contributed by atoms with Crippen molar-refractivity contribution < 1.29 is 14.3 Å². The molecule has 0 aromatic heterocycles. The van der Waals surface area contributed by atoms with Crippen molar-refractivity contribution in [3.63, 3.8) is 0 Å². The van der Waals surface area contributed by atoms with Crippen molar-refractivity contribution in [1.82, 2.24) is 10.6 Å². The summed E-state index contributed by atoms with van der Waals surface area (Å²) in [6, 6.07) is -0.564.